The van der Waals surface area contributed by atoms with E-state index in [4.69, 9.17) is 17.0 Å². The minimum Gasteiger partial charge on any atom is -0.497 e. The zero-order valence-corrected chi connectivity index (χ0v) is 10.4. The summed E-state index contributed by atoms with van der Waals surface area (Å²) in [6, 6.07) is 5.57. The van der Waals surface area contributed by atoms with Crippen molar-refractivity contribution in [1.82, 2.24) is 14.9 Å². The van der Waals surface area contributed by atoms with Gasteiger partial charge < -0.3 is 19.6 Å². The molecule has 2 N–H and O–H groups in total. The van der Waals surface area contributed by atoms with Crippen molar-refractivity contribution in [2.24, 2.45) is 0 Å². The Morgan fingerprint density at radius 3 is 3.00 bits per heavy atom. The molecule has 0 spiro atoms. The molecule has 1 heterocycles. The summed E-state index contributed by atoms with van der Waals surface area (Å²) in [6.07, 6.45) is 0. The molecule has 1 aromatic carbocycles. The van der Waals surface area contributed by atoms with E-state index in [1.807, 2.05) is 18.2 Å². The van der Waals surface area contributed by atoms with Crippen LogP contribution in [-0.4, -0.2) is 29.6 Å². The van der Waals surface area contributed by atoms with E-state index in [0.717, 1.165) is 16.8 Å². The number of H-pyrrole nitrogens is 1. The maximum Gasteiger partial charge on any atom is 0.239 e. The van der Waals surface area contributed by atoms with Crippen LogP contribution in [0.3, 0.4) is 0 Å². The number of nitrogens with one attached hydrogen (secondary N) is 2. The van der Waals surface area contributed by atoms with Gasteiger partial charge in [-0.3, -0.25) is 4.79 Å². The summed E-state index contributed by atoms with van der Waals surface area (Å²) < 4.78 is 7.41. The van der Waals surface area contributed by atoms with Crippen molar-refractivity contribution in [3.63, 3.8) is 0 Å². The first kappa shape index (κ1) is 11.7. The highest BCUT2D eigenvalue weighted by atomic mass is 32.1. The SMILES string of the molecule is CNC(=O)Cn1c(=S)[nH]c2cc(OC)ccc21. The maximum atomic E-state index is 11.4. The van der Waals surface area contributed by atoms with Gasteiger partial charge in [-0.15, -0.1) is 0 Å². The summed E-state index contributed by atoms with van der Waals surface area (Å²) in [5.74, 6) is 0.665. The van der Waals surface area contributed by atoms with Gasteiger partial charge in [-0.1, -0.05) is 0 Å². The minimum atomic E-state index is -0.0854. The van der Waals surface area contributed by atoms with Gasteiger partial charge in [-0.05, 0) is 24.4 Å². The Balaban J connectivity index is 2.52. The number of likely N-dealkylation sites (N-methyl/N-ethyl adjacent to an activating group) is 1. The van der Waals surface area contributed by atoms with Gasteiger partial charge in [0.25, 0.3) is 0 Å². The van der Waals surface area contributed by atoms with E-state index in [2.05, 4.69) is 10.3 Å². The standard InChI is InChI=1S/C11H13N3O2S/c1-12-10(15)6-14-9-4-3-7(16-2)5-8(9)13-11(14)17/h3-5H,6H2,1-2H3,(H,12,15)(H,13,17). The number of carbonyl (C=O) groups is 1. The molecule has 0 fully saturated rings. The molecule has 6 heteroatoms. The first-order valence-electron chi connectivity index (χ1n) is 5.13. The number of nitrogens with zero attached hydrogens (tertiary/aromatic N) is 1. The molecule has 2 rings (SSSR count). The van der Waals surface area contributed by atoms with E-state index in [9.17, 15) is 4.79 Å². The minimum absolute atomic E-state index is 0.0854. The normalized spacial score (nSPS) is 10.5. The van der Waals surface area contributed by atoms with Gasteiger partial charge in [0.2, 0.25) is 5.91 Å². The van der Waals surface area contributed by atoms with Gasteiger partial charge in [0.15, 0.2) is 4.77 Å². The van der Waals surface area contributed by atoms with E-state index < -0.39 is 0 Å². The summed E-state index contributed by atoms with van der Waals surface area (Å²) >= 11 is 5.19. The topological polar surface area (TPSA) is 59.0 Å². The molecule has 1 amide bonds. The summed E-state index contributed by atoms with van der Waals surface area (Å²) in [7, 11) is 3.21. The average molecular weight is 251 g/mol. The number of carbonyl (C=O) groups excluding carboxylic acids is 1. The highest BCUT2D eigenvalue weighted by molar-refractivity contribution is 7.71. The number of methoxy groups -OCH3 is 1. The number of hydrogen-bond acceptors (Lipinski definition) is 3. The molecule has 0 saturated heterocycles. The monoisotopic (exact) mass is 251 g/mol. The Hall–Kier alpha value is -1.82. The van der Waals surface area contributed by atoms with Crippen LogP contribution in [0.1, 0.15) is 0 Å². The molecule has 2 aromatic rings. The van der Waals surface area contributed by atoms with Crippen LogP contribution in [0.2, 0.25) is 0 Å². The second kappa shape index (κ2) is 4.58. The predicted molar refractivity (Wildman–Crippen MR) is 67.7 cm³/mol. The number of benzene rings is 1. The summed E-state index contributed by atoms with van der Waals surface area (Å²) in [4.78, 5) is 14.4. The molecule has 0 aliphatic carbocycles. The zero-order chi connectivity index (χ0) is 12.4. The summed E-state index contributed by atoms with van der Waals surface area (Å²) in [5.41, 5.74) is 1.75. The predicted octanol–water partition coefficient (Wildman–Crippen LogP) is 1.45. The Bertz CT molecular complexity index is 615. The lowest BCUT2D eigenvalue weighted by molar-refractivity contribution is -0.121. The van der Waals surface area contributed by atoms with Gasteiger partial charge >= 0.3 is 0 Å². The number of aromatic nitrogens is 2. The van der Waals surface area contributed by atoms with Crippen molar-refractivity contribution < 1.29 is 9.53 Å². The Labute approximate surface area is 103 Å². The van der Waals surface area contributed by atoms with Gasteiger partial charge in [0, 0.05) is 13.1 Å². The van der Waals surface area contributed by atoms with Gasteiger partial charge in [0.05, 0.1) is 18.1 Å². The molecule has 0 atom stereocenters. The number of aromatic amines is 1. The molecular formula is C11H13N3O2S. The lowest BCUT2D eigenvalue weighted by atomic mass is 10.3. The molecule has 0 saturated carbocycles. The Kier molecular flexibility index (Phi) is 3.14. The maximum absolute atomic E-state index is 11.4. The number of imidazole rings is 1. The van der Waals surface area contributed by atoms with Crippen LogP contribution >= 0.6 is 12.2 Å². The largest absolute Gasteiger partial charge is 0.497 e. The van der Waals surface area contributed by atoms with E-state index in [-0.39, 0.29) is 12.5 Å². The number of hydrogen-bond donors (Lipinski definition) is 2. The Morgan fingerprint density at radius 1 is 1.59 bits per heavy atom. The van der Waals surface area contributed by atoms with Crippen LogP contribution in [0, 0.1) is 4.77 Å². The second-order valence-corrected chi connectivity index (χ2v) is 3.96. The van der Waals surface area contributed by atoms with Crippen LogP contribution < -0.4 is 10.1 Å². The van der Waals surface area contributed by atoms with Gasteiger partial charge in [0.1, 0.15) is 12.3 Å². The van der Waals surface area contributed by atoms with E-state index in [0.29, 0.717) is 4.77 Å². The first-order valence-corrected chi connectivity index (χ1v) is 5.53. The van der Waals surface area contributed by atoms with E-state index in [1.54, 1.807) is 18.7 Å². The van der Waals surface area contributed by atoms with Crippen LogP contribution in [0.15, 0.2) is 18.2 Å². The summed E-state index contributed by atoms with van der Waals surface area (Å²) in [6.45, 7) is 0.210. The third kappa shape index (κ3) is 2.16. The Morgan fingerprint density at radius 2 is 2.35 bits per heavy atom. The first-order chi connectivity index (χ1) is 8.15. The van der Waals surface area contributed by atoms with Crippen molar-refractivity contribution in [2.45, 2.75) is 6.54 Å². The third-order valence-electron chi connectivity index (χ3n) is 2.56. The lowest BCUT2D eigenvalue weighted by Gasteiger charge is -2.03. The molecule has 0 aliphatic heterocycles. The number of ether oxygens (including phenoxy) is 1. The second-order valence-electron chi connectivity index (χ2n) is 3.57. The quantitative estimate of drug-likeness (QED) is 0.812. The highest BCUT2D eigenvalue weighted by Gasteiger charge is 2.08. The van der Waals surface area contributed by atoms with Crippen molar-refractivity contribution in [3.05, 3.63) is 23.0 Å². The molecule has 5 nitrogen and oxygen atoms in total. The van der Waals surface area contributed by atoms with Crippen molar-refractivity contribution in [2.75, 3.05) is 14.2 Å². The van der Waals surface area contributed by atoms with Crippen molar-refractivity contribution in [1.29, 1.82) is 0 Å². The molecule has 0 unspecified atom stereocenters. The van der Waals surface area contributed by atoms with Crippen LogP contribution in [0.25, 0.3) is 11.0 Å². The molecule has 90 valence electrons. The highest BCUT2D eigenvalue weighted by Crippen LogP contribution is 2.20. The lowest BCUT2D eigenvalue weighted by Crippen LogP contribution is -2.23. The molecule has 0 aliphatic rings. The number of fused-ring (bicyclic) bond motifs is 1. The van der Waals surface area contributed by atoms with E-state index >= 15 is 0 Å². The fourth-order valence-electron chi connectivity index (χ4n) is 1.65. The van der Waals surface area contributed by atoms with Crippen LogP contribution in [0.4, 0.5) is 0 Å². The molecular weight excluding hydrogens is 238 g/mol. The van der Waals surface area contributed by atoms with Gasteiger partial charge in [-0.25, -0.2) is 0 Å². The zero-order valence-electron chi connectivity index (χ0n) is 9.61. The molecule has 17 heavy (non-hydrogen) atoms. The van der Waals surface area contributed by atoms with E-state index in [1.165, 1.54) is 0 Å². The van der Waals surface area contributed by atoms with Crippen LogP contribution in [-0.2, 0) is 11.3 Å². The fraction of sp³-hybridized carbons (Fsp3) is 0.273. The smallest absolute Gasteiger partial charge is 0.239 e. The molecule has 1 aromatic heterocycles. The van der Waals surface area contributed by atoms with Crippen LogP contribution in [0.5, 0.6) is 5.75 Å². The van der Waals surface area contributed by atoms with Gasteiger partial charge in [-0.2, -0.15) is 0 Å². The molecule has 0 bridgehead atoms. The number of amides is 1. The summed E-state index contributed by atoms with van der Waals surface area (Å²) in [5, 5.41) is 2.57. The van der Waals surface area contributed by atoms with Crippen molar-refractivity contribution in [3.8, 4) is 5.75 Å². The molecule has 0 radical (unpaired) electrons. The fourth-order valence-corrected chi connectivity index (χ4v) is 1.92. The number of rotatable bonds is 3. The average Bonchev–Trinajstić information content (AvgIpc) is 2.64. The van der Waals surface area contributed by atoms with Crippen molar-refractivity contribution >= 4 is 29.2 Å². The third-order valence-corrected chi connectivity index (χ3v) is 2.88.